The molecule has 28 heavy (non-hydrogen) atoms. The fraction of sp³-hybridized carbons (Fsp3) is 0.273. The van der Waals surface area contributed by atoms with Crippen molar-refractivity contribution in [3.63, 3.8) is 0 Å². The average Bonchev–Trinajstić information content (AvgIpc) is 3.31. The molecule has 0 saturated carbocycles. The molecule has 3 atom stereocenters. The molecule has 0 amide bonds. The molecule has 1 fully saturated rings. The maximum Gasteiger partial charge on any atom is 0.323 e. The Labute approximate surface area is 170 Å². The molecule has 0 unspecified atom stereocenters. The summed E-state index contributed by atoms with van der Waals surface area (Å²) in [4.78, 5) is 26.5. The summed E-state index contributed by atoms with van der Waals surface area (Å²) in [6, 6.07) is 15.5. The molecule has 0 spiro atoms. The van der Waals surface area contributed by atoms with Crippen LogP contribution in [0.15, 0.2) is 53.0 Å². The molecular weight excluding hydrogens is 420 g/mol. The molecule has 5 nitrogen and oxygen atoms in total. The van der Waals surface area contributed by atoms with E-state index < -0.39 is 17.4 Å². The number of halogens is 1. The van der Waals surface area contributed by atoms with Crippen LogP contribution in [0, 0.1) is 12.3 Å². The predicted molar refractivity (Wildman–Crippen MR) is 109 cm³/mol. The van der Waals surface area contributed by atoms with E-state index in [0.717, 1.165) is 26.6 Å². The molecule has 5 rings (SSSR count). The second kappa shape index (κ2) is 6.03. The lowest BCUT2D eigenvalue weighted by Gasteiger charge is -2.23. The SMILES string of the molecule is COC(=O)[C@@]12C[C@@H](c3ccc(C)cc3)N[C@@H]1c1cc3cc(Br)ccc3n1C2=O. The number of esters is 1. The van der Waals surface area contributed by atoms with Crippen LogP contribution in [0.25, 0.3) is 10.9 Å². The summed E-state index contributed by atoms with van der Waals surface area (Å²) in [7, 11) is 1.35. The zero-order valence-corrected chi connectivity index (χ0v) is 17.1. The third-order valence-electron chi connectivity index (χ3n) is 6.09. The number of rotatable bonds is 2. The van der Waals surface area contributed by atoms with Gasteiger partial charge < -0.3 is 10.1 Å². The van der Waals surface area contributed by atoms with E-state index in [-0.39, 0.29) is 11.9 Å². The molecule has 2 aliphatic rings. The molecule has 2 aromatic carbocycles. The molecule has 1 N–H and O–H groups in total. The first-order valence-electron chi connectivity index (χ1n) is 9.22. The van der Waals surface area contributed by atoms with Gasteiger partial charge >= 0.3 is 5.97 Å². The highest BCUT2D eigenvalue weighted by atomic mass is 79.9. The van der Waals surface area contributed by atoms with Gasteiger partial charge in [0.25, 0.3) is 5.91 Å². The van der Waals surface area contributed by atoms with Crippen molar-refractivity contribution < 1.29 is 14.3 Å². The Hall–Kier alpha value is -2.44. The quantitative estimate of drug-likeness (QED) is 0.478. The van der Waals surface area contributed by atoms with E-state index in [1.807, 2.05) is 43.3 Å². The normalized spacial score (nSPS) is 25.8. The van der Waals surface area contributed by atoms with Crippen LogP contribution in [0.4, 0.5) is 0 Å². The molecule has 0 bridgehead atoms. The number of aryl methyl sites for hydroxylation is 1. The molecule has 3 heterocycles. The minimum Gasteiger partial charge on any atom is -0.468 e. The van der Waals surface area contributed by atoms with Gasteiger partial charge in [-0.1, -0.05) is 45.8 Å². The second-order valence-corrected chi connectivity index (χ2v) is 8.56. The van der Waals surface area contributed by atoms with Crippen LogP contribution >= 0.6 is 15.9 Å². The topological polar surface area (TPSA) is 60.3 Å². The van der Waals surface area contributed by atoms with E-state index in [4.69, 9.17) is 4.74 Å². The van der Waals surface area contributed by atoms with E-state index >= 15 is 0 Å². The number of hydrogen-bond acceptors (Lipinski definition) is 4. The Morgan fingerprint density at radius 1 is 1.21 bits per heavy atom. The molecule has 0 radical (unpaired) electrons. The Balaban J connectivity index is 1.66. The van der Waals surface area contributed by atoms with Gasteiger partial charge in [-0.2, -0.15) is 0 Å². The number of carbonyl (C=O) groups excluding carboxylic acids is 2. The van der Waals surface area contributed by atoms with Gasteiger partial charge in [0.15, 0.2) is 5.41 Å². The van der Waals surface area contributed by atoms with Crippen LogP contribution in [0.1, 0.15) is 40.1 Å². The van der Waals surface area contributed by atoms with Crippen LogP contribution in [-0.2, 0) is 9.53 Å². The monoisotopic (exact) mass is 438 g/mol. The number of ether oxygens (including phenoxy) is 1. The van der Waals surface area contributed by atoms with Gasteiger partial charge in [0, 0.05) is 21.6 Å². The summed E-state index contributed by atoms with van der Waals surface area (Å²) in [6.07, 6.45) is 0.381. The number of fused-ring (bicyclic) bond motifs is 5. The standard InChI is InChI=1S/C22H19BrN2O3/c1-12-3-5-13(6-4-12)16-11-22(21(27)28-2)19(24-16)18-10-14-9-15(23)7-8-17(14)25(18)20(22)26/h3-10,16,19,24H,11H2,1-2H3/t16-,19+,22-/m0/s1. The highest BCUT2D eigenvalue weighted by Crippen LogP contribution is 2.55. The highest BCUT2D eigenvalue weighted by Gasteiger charge is 2.65. The van der Waals surface area contributed by atoms with Crippen molar-refractivity contribution in [3.8, 4) is 0 Å². The zero-order valence-electron chi connectivity index (χ0n) is 15.5. The highest BCUT2D eigenvalue weighted by molar-refractivity contribution is 9.10. The van der Waals surface area contributed by atoms with E-state index in [1.54, 1.807) is 4.57 Å². The Bertz CT molecular complexity index is 1130. The van der Waals surface area contributed by atoms with Crippen LogP contribution in [0.5, 0.6) is 0 Å². The van der Waals surface area contributed by atoms with Crippen LogP contribution in [-0.4, -0.2) is 23.6 Å². The number of nitrogens with zero attached hydrogens (tertiary/aromatic N) is 1. The van der Waals surface area contributed by atoms with Gasteiger partial charge in [0.1, 0.15) is 0 Å². The number of aromatic nitrogens is 1. The van der Waals surface area contributed by atoms with Crippen molar-refractivity contribution in [2.24, 2.45) is 5.41 Å². The van der Waals surface area contributed by atoms with Gasteiger partial charge in [-0.3, -0.25) is 14.2 Å². The van der Waals surface area contributed by atoms with Gasteiger partial charge in [0.05, 0.1) is 18.7 Å². The average molecular weight is 439 g/mol. The largest absolute Gasteiger partial charge is 0.468 e. The molecule has 142 valence electrons. The summed E-state index contributed by atoms with van der Waals surface area (Å²) >= 11 is 3.48. The Kier molecular flexibility index (Phi) is 3.80. The molecule has 0 aliphatic carbocycles. The predicted octanol–water partition coefficient (Wildman–Crippen LogP) is 4.30. The third kappa shape index (κ3) is 2.22. The minimum atomic E-state index is -1.24. The van der Waals surface area contributed by atoms with Crippen molar-refractivity contribution in [1.29, 1.82) is 0 Å². The Morgan fingerprint density at radius 3 is 2.68 bits per heavy atom. The molecule has 1 saturated heterocycles. The number of methoxy groups -OCH3 is 1. The first-order valence-corrected chi connectivity index (χ1v) is 10.0. The van der Waals surface area contributed by atoms with Gasteiger partial charge in [-0.15, -0.1) is 0 Å². The van der Waals surface area contributed by atoms with E-state index in [2.05, 4.69) is 33.4 Å². The van der Waals surface area contributed by atoms with Crippen molar-refractivity contribution >= 4 is 38.7 Å². The third-order valence-corrected chi connectivity index (χ3v) is 6.58. The molecular formula is C22H19BrN2O3. The second-order valence-electron chi connectivity index (χ2n) is 7.64. The molecule has 2 aliphatic heterocycles. The van der Waals surface area contributed by atoms with Gasteiger partial charge in [-0.05, 0) is 43.2 Å². The van der Waals surface area contributed by atoms with E-state index in [9.17, 15) is 9.59 Å². The minimum absolute atomic E-state index is 0.0906. The van der Waals surface area contributed by atoms with E-state index in [0.29, 0.717) is 6.42 Å². The molecule has 6 heteroatoms. The maximum atomic E-state index is 13.6. The molecule has 3 aromatic rings. The van der Waals surface area contributed by atoms with Crippen LogP contribution in [0.2, 0.25) is 0 Å². The fourth-order valence-corrected chi connectivity index (χ4v) is 5.10. The summed E-state index contributed by atoms with van der Waals surface area (Å²) in [6.45, 7) is 2.04. The Morgan fingerprint density at radius 2 is 1.96 bits per heavy atom. The summed E-state index contributed by atoms with van der Waals surface area (Å²) in [5.74, 6) is -0.683. The first kappa shape index (κ1) is 17.6. The van der Waals surface area contributed by atoms with Crippen molar-refractivity contribution in [3.05, 3.63) is 69.8 Å². The smallest absolute Gasteiger partial charge is 0.323 e. The summed E-state index contributed by atoms with van der Waals surface area (Å²) in [5.41, 5.74) is 2.64. The van der Waals surface area contributed by atoms with Crippen molar-refractivity contribution in [1.82, 2.24) is 9.88 Å². The zero-order chi connectivity index (χ0) is 19.6. The van der Waals surface area contributed by atoms with Crippen LogP contribution in [0.3, 0.4) is 0 Å². The van der Waals surface area contributed by atoms with Crippen molar-refractivity contribution in [2.75, 3.05) is 7.11 Å². The maximum absolute atomic E-state index is 13.6. The number of hydrogen-bond donors (Lipinski definition) is 1. The molecule has 1 aromatic heterocycles. The summed E-state index contributed by atoms with van der Waals surface area (Å²) in [5, 5.41) is 4.52. The lowest BCUT2D eigenvalue weighted by atomic mass is 9.79. The number of carbonyl (C=O) groups is 2. The van der Waals surface area contributed by atoms with E-state index in [1.165, 1.54) is 12.7 Å². The number of benzene rings is 2. The lowest BCUT2D eigenvalue weighted by molar-refractivity contribution is -0.150. The van der Waals surface area contributed by atoms with Gasteiger partial charge in [0.2, 0.25) is 0 Å². The van der Waals surface area contributed by atoms with Crippen molar-refractivity contribution in [2.45, 2.75) is 25.4 Å². The van der Waals surface area contributed by atoms with Crippen LogP contribution < -0.4 is 5.32 Å². The van der Waals surface area contributed by atoms with Gasteiger partial charge in [-0.25, -0.2) is 0 Å². The fourth-order valence-electron chi connectivity index (χ4n) is 4.72. The lowest BCUT2D eigenvalue weighted by Crippen LogP contribution is -2.40. The summed E-state index contributed by atoms with van der Waals surface area (Å²) < 4.78 is 7.76. The first-order chi connectivity index (χ1) is 13.5. The number of nitrogens with one attached hydrogen (secondary N) is 1.